The van der Waals surface area contributed by atoms with Crippen molar-refractivity contribution in [2.75, 3.05) is 0 Å². The molecule has 1 saturated heterocycles. The summed E-state index contributed by atoms with van der Waals surface area (Å²) in [6, 6.07) is 0. The van der Waals surface area contributed by atoms with Crippen molar-refractivity contribution in [3.8, 4) is 0 Å². The van der Waals surface area contributed by atoms with Crippen LogP contribution < -0.4 is 0 Å². The summed E-state index contributed by atoms with van der Waals surface area (Å²) in [5.74, 6) is 2.14. The summed E-state index contributed by atoms with van der Waals surface area (Å²) < 4.78 is 6.51. The van der Waals surface area contributed by atoms with Crippen LogP contribution in [0, 0.1) is 23.7 Å². The molecule has 0 aromatic heterocycles. The van der Waals surface area contributed by atoms with E-state index in [4.69, 9.17) is 4.74 Å². The van der Waals surface area contributed by atoms with Crippen LogP contribution in [-0.4, -0.2) is 17.5 Å². The van der Waals surface area contributed by atoms with E-state index in [1.165, 1.54) is 25.5 Å². The predicted octanol–water partition coefficient (Wildman–Crippen LogP) is 3.20. The Bertz CT molecular complexity index is 336. The van der Waals surface area contributed by atoms with Crippen LogP contribution in [-0.2, 0) is 9.53 Å². The lowest BCUT2D eigenvalue weighted by Gasteiger charge is -2.40. The minimum absolute atomic E-state index is 0.0238. The van der Waals surface area contributed by atoms with Gasteiger partial charge in [0.1, 0.15) is 6.29 Å². The molecule has 0 aromatic carbocycles. The molecule has 96 valence electrons. The van der Waals surface area contributed by atoms with Gasteiger partial charge in [0, 0.05) is 5.92 Å². The molecule has 2 saturated carbocycles. The molecule has 0 radical (unpaired) electrons. The summed E-state index contributed by atoms with van der Waals surface area (Å²) in [6.45, 7) is 6.80. The zero-order valence-corrected chi connectivity index (χ0v) is 11.2. The highest BCUT2D eigenvalue weighted by Gasteiger charge is 2.62. The average molecular weight is 236 g/mol. The predicted molar refractivity (Wildman–Crippen MR) is 66.7 cm³/mol. The summed E-state index contributed by atoms with van der Waals surface area (Å²) in [5.41, 5.74) is -0.129. The zero-order valence-electron chi connectivity index (χ0n) is 11.2. The minimum Gasteiger partial charge on any atom is -0.368 e. The molecule has 2 aliphatic carbocycles. The first kappa shape index (κ1) is 11.7. The number of carbonyl (C=O) groups excluding carboxylic acids is 1. The highest BCUT2D eigenvalue weighted by molar-refractivity contribution is 5.57. The Morgan fingerprint density at radius 3 is 2.65 bits per heavy atom. The van der Waals surface area contributed by atoms with Crippen molar-refractivity contribution in [1.29, 1.82) is 0 Å². The summed E-state index contributed by atoms with van der Waals surface area (Å²) in [6.07, 6.45) is 7.12. The van der Waals surface area contributed by atoms with E-state index < -0.39 is 0 Å². The first-order valence-corrected chi connectivity index (χ1v) is 7.15. The Balaban J connectivity index is 2.03. The van der Waals surface area contributed by atoms with Crippen LogP contribution in [0.25, 0.3) is 0 Å². The maximum Gasteiger partial charge on any atom is 0.125 e. The van der Waals surface area contributed by atoms with Gasteiger partial charge in [0.2, 0.25) is 0 Å². The second kappa shape index (κ2) is 3.57. The maximum atomic E-state index is 11.4. The van der Waals surface area contributed by atoms with Crippen molar-refractivity contribution in [3.63, 3.8) is 0 Å². The Labute approximate surface area is 104 Å². The van der Waals surface area contributed by atoms with E-state index in [1.54, 1.807) is 0 Å². The molecule has 0 N–H and O–H groups in total. The maximum absolute atomic E-state index is 11.4. The quantitative estimate of drug-likeness (QED) is 0.654. The highest BCUT2D eigenvalue weighted by Crippen LogP contribution is 2.60. The molecule has 1 spiro atoms. The van der Waals surface area contributed by atoms with Gasteiger partial charge in [0.25, 0.3) is 0 Å². The number of carbonyl (C=O) groups is 1. The van der Waals surface area contributed by atoms with Gasteiger partial charge in [0.05, 0.1) is 11.2 Å². The Hall–Kier alpha value is -0.370. The van der Waals surface area contributed by atoms with Crippen molar-refractivity contribution in [3.05, 3.63) is 0 Å². The van der Waals surface area contributed by atoms with Gasteiger partial charge < -0.3 is 9.53 Å². The molecule has 0 amide bonds. The first-order chi connectivity index (χ1) is 7.99. The van der Waals surface area contributed by atoms with Gasteiger partial charge in [-0.25, -0.2) is 0 Å². The van der Waals surface area contributed by atoms with Gasteiger partial charge in [-0.1, -0.05) is 6.92 Å². The van der Waals surface area contributed by atoms with Gasteiger partial charge in [0.15, 0.2) is 0 Å². The number of hydrogen-bond donors (Lipinski definition) is 0. The minimum atomic E-state index is -0.105. The van der Waals surface area contributed by atoms with Crippen molar-refractivity contribution in [2.45, 2.75) is 64.1 Å². The van der Waals surface area contributed by atoms with Gasteiger partial charge in [-0.05, 0) is 63.7 Å². The van der Waals surface area contributed by atoms with Gasteiger partial charge in [-0.2, -0.15) is 0 Å². The third-order valence-electron chi connectivity index (χ3n) is 5.87. The normalized spacial score (nSPS) is 51.9. The Morgan fingerprint density at radius 1 is 1.18 bits per heavy atom. The zero-order chi connectivity index (χ0) is 12.3. The molecule has 0 aromatic rings. The van der Waals surface area contributed by atoms with E-state index in [2.05, 4.69) is 20.8 Å². The molecule has 2 bridgehead atoms. The molecule has 3 fully saturated rings. The molecule has 0 unspecified atom stereocenters. The van der Waals surface area contributed by atoms with Crippen molar-refractivity contribution in [1.82, 2.24) is 0 Å². The molecule has 3 rings (SSSR count). The van der Waals surface area contributed by atoms with E-state index in [9.17, 15) is 4.79 Å². The molecule has 5 atom stereocenters. The molecule has 1 aliphatic heterocycles. The highest BCUT2D eigenvalue weighted by atomic mass is 16.5. The molecule has 3 aliphatic rings. The summed E-state index contributed by atoms with van der Waals surface area (Å²) in [7, 11) is 0. The standard InChI is InChI=1S/C15H24O2/c1-10-4-5-11-8-15(17-14(11,2)3)12(9-16)6-7-13(10)15/h9-13H,4-8H2,1-3H3/t10-,11+,12+,13-,15-/m0/s1. The van der Waals surface area contributed by atoms with Crippen molar-refractivity contribution >= 4 is 6.29 Å². The number of fused-ring (bicyclic) bond motifs is 1. The molecular formula is C15H24O2. The van der Waals surface area contributed by atoms with Crippen LogP contribution in [0.4, 0.5) is 0 Å². The fourth-order valence-corrected chi connectivity index (χ4v) is 4.89. The van der Waals surface area contributed by atoms with Crippen LogP contribution in [0.3, 0.4) is 0 Å². The summed E-state index contributed by atoms with van der Waals surface area (Å²) >= 11 is 0. The van der Waals surface area contributed by atoms with E-state index >= 15 is 0 Å². The largest absolute Gasteiger partial charge is 0.368 e. The molecular weight excluding hydrogens is 212 g/mol. The fourth-order valence-electron chi connectivity index (χ4n) is 4.89. The van der Waals surface area contributed by atoms with Gasteiger partial charge >= 0.3 is 0 Å². The monoisotopic (exact) mass is 236 g/mol. The van der Waals surface area contributed by atoms with Gasteiger partial charge in [-0.15, -0.1) is 0 Å². The number of rotatable bonds is 1. The Kier molecular flexibility index (Phi) is 2.46. The third-order valence-corrected chi connectivity index (χ3v) is 5.87. The second-order valence-corrected chi connectivity index (χ2v) is 7.04. The van der Waals surface area contributed by atoms with Crippen LogP contribution in [0.15, 0.2) is 0 Å². The SMILES string of the molecule is C[C@H]1CC[C@@H]2C[C@]3(OC2(C)C)[C@@H](C=O)CC[C@@H]13. The van der Waals surface area contributed by atoms with E-state index in [0.29, 0.717) is 11.8 Å². The molecule has 17 heavy (non-hydrogen) atoms. The number of hydrogen-bond acceptors (Lipinski definition) is 2. The lowest BCUT2D eigenvalue weighted by molar-refractivity contribution is -0.153. The summed E-state index contributed by atoms with van der Waals surface area (Å²) in [5, 5.41) is 0. The van der Waals surface area contributed by atoms with Crippen molar-refractivity contribution in [2.24, 2.45) is 23.7 Å². The van der Waals surface area contributed by atoms with Crippen LogP contribution in [0.1, 0.15) is 52.9 Å². The smallest absolute Gasteiger partial charge is 0.125 e. The lowest BCUT2D eigenvalue weighted by atomic mass is 9.77. The third kappa shape index (κ3) is 1.46. The topological polar surface area (TPSA) is 26.3 Å². The molecule has 2 heteroatoms. The van der Waals surface area contributed by atoms with E-state index in [-0.39, 0.29) is 17.1 Å². The van der Waals surface area contributed by atoms with Crippen molar-refractivity contribution < 1.29 is 9.53 Å². The first-order valence-electron chi connectivity index (χ1n) is 7.15. The second-order valence-electron chi connectivity index (χ2n) is 7.04. The molecule has 2 nitrogen and oxygen atoms in total. The van der Waals surface area contributed by atoms with Crippen LogP contribution >= 0.6 is 0 Å². The molecule has 1 heterocycles. The number of ether oxygens (including phenoxy) is 1. The lowest BCUT2D eigenvalue weighted by Crippen LogP contribution is -2.44. The average Bonchev–Trinajstić information content (AvgIpc) is 2.68. The van der Waals surface area contributed by atoms with Crippen LogP contribution in [0.2, 0.25) is 0 Å². The van der Waals surface area contributed by atoms with E-state index in [1.807, 2.05) is 0 Å². The van der Waals surface area contributed by atoms with Crippen LogP contribution in [0.5, 0.6) is 0 Å². The summed E-state index contributed by atoms with van der Waals surface area (Å²) in [4.78, 5) is 11.4. The Morgan fingerprint density at radius 2 is 1.94 bits per heavy atom. The van der Waals surface area contributed by atoms with Gasteiger partial charge in [-0.3, -0.25) is 0 Å². The number of aldehydes is 1. The fraction of sp³-hybridized carbons (Fsp3) is 0.933. The van der Waals surface area contributed by atoms with E-state index in [0.717, 1.165) is 18.8 Å².